The molecular weight excluding hydrogens is 717 g/mol. The van der Waals surface area contributed by atoms with Crippen LogP contribution in [-0.2, 0) is 9.59 Å². The average Bonchev–Trinajstić information content (AvgIpc) is 3.49. The fourth-order valence-corrected chi connectivity index (χ4v) is 6.78. The van der Waals surface area contributed by atoms with E-state index in [1.54, 1.807) is 18.2 Å². The fourth-order valence-electron chi connectivity index (χ4n) is 6.78. The standard InChI is InChI=1S/C49H76O8/c1-3-5-7-9-11-13-15-17-19-21-23-25-27-30-48(52)56-46-39-35-43(33-37-44(46)50)55-41-29-31-49(53)57-47-38-34-42(32-36-45(47)51)54-40-28-26-24-22-20-18-16-14-12-10-8-6-4-2/h32-39H,3-31,40-41H2,1-2H3. The minimum atomic E-state index is -0.547. The Hall–Kier alpha value is -3.68. The third kappa shape index (κ3) is 26.8. The minimum Gasteiger partial charge on any atom is -0.494 e. The van der Waals surface area contributed by atoms with Gasteiger partial charge in [0, 0.05) is 12.8 Å². The number of rotatable bonds is 36. The van der Waals surface area contributed by atoms with Gasteiger partial charge in [-0.3, -0.25) is 19.2 Å². The Morgan fingerprint density at radius 3 is 1.05 bits per heavy atom. The Kier molecular flexibility index (Phi) is 29.8. The minimum absolute atomic E-state index is 0.0360. The topological polar surface area (TPSA) is 105 Å². The third-order valence-corrected chi connectivity index (χ3v) is 10.3. The van der Waals surface area contributed by atoms with Gasteiger partial charge in [-0.05, 0) is 67.8 Å². The molecule has 0 radical (unpaired) electrons. The van der Waals surface area contributed by atoms with Crippen LogP contribution in [0.4, 0.5) is 0 Å². The van der Waals surface area contributed by atoms with Gasteiger partial charge in [0.1, 0.15) is 11.5 Å². The number of hydrogen-bond acceptors (Lipinski definition) is 8. The molecule has 0 saturated heterocycles. The van der Waals surface area contributed by atoms with Crippen LogP contribution in [-0.4, -0.2) is 25.2 Å². The quantitative estimate of drug-likeness (QED) is 0.0496. The van der Waals surface area contributed by atoms with Gasteiger partial charge in [0.15, 0.2) is 11.5 Å². The molecule has 0 aliphatic heterocycles. The average molecular weight is 793 g/mol. The SMILES string of the molecule is CCCCCCCCCCCCCCCOc1ccc(OC(=O)CCCOc2ccc(OC(=O)CCCCCCCCCCCCCCC)c(=O)cc2)c(=O)cc1. The van der Waals surface area contributed by atoms with Crippen LogP contribution in [0.3, 0.4) is 0 Å². The first kappa shape index (κ1) is 49.5. The highest BCUT2D eigenvalue weighted by atomic mass is 16.5. The molecule has 2 aromatic rings. The number of unbranched alkanes of at least 4 members (excludes halogenated alkanes) is 24. The van der Waals surface area contributed by atoms with E-state index in [9.17, 15) is 19.2 Å². The predicted octanol–water partition coefficient (Wildman–Crippen LogP) is 13.0. The lowest BCUT2D eigenvalue weighted by Gasteiger charge is -2.05. The molecule has 0 N–H and O–H groups in total. The molecule has 0 saturated carbocycles. The van der Waals surface area contributed by atoms with Gasteiger partial charge >= 0.3 is 11.9 Å². The maximum Gasteiger partial charge on any atom is 0.311 e. The van der Waals surface area contributed by atoms with Gasteiger partial charge in [-0.2, -0.15) is 0 Å². The summed E-state index contributed by atoms with van der Waals surface area (Å²) >= 11 is 0. The van der Waals surface area contributed by atoms with Crippen LogP contribution < -0.4 is 29.8 Å². The molecule has 0 aromatic heterocycles. The predicted molar refractivity (Wildman–Crippen MR) is 233 cm³/mol. The lowest BCUT2D eigenvalue weighted by molar-refractivity contribution is -0.135. The van der Waals surface area contributed by atoms with Gasteiger partial charge in [0.05, 0.1) is 13.2 Å². The van der Waals surface area contributed by atoms with Crippen LogP contribution >= 0.6 is 0 Å². The van der Waals surface area contributed by atoms with Crippen molar-refractivity contribution in [3.05, 3.63) is 69.0 Å². The molecule has 320 valence electrons. The zero-order chi connectivity index (χ0) is 41.0. The van der Waals surface area contributed by atoms with E-state index in [4.69, 9.17) is 18.9 Å². The lowest BCUT2D eigenvalue weighted by Crippen LogP contribution is -2.13. The van der Waals surface area contributed by atoms with Crippen molar-refractivity contribution in [1.82, 2.24) is 0 Å². The van der Waals surface area contributed by atoms with Crippen LogP contribution in [0.25, 0.3) is 0 Å². The van der Waals surface area contributed by atoms with Crippen LogP contribution in [0.15, 0.2) is 58.1 Å². The number of hydrogen-bond donors (Lipinski definition) is 0. The van der Waals surface area contributed by atoms with Crippen molar-refractivity contribution in [3.63, 3.8) is 0 Å². The molecule has 8 nitrogen and oxygen atoms in total. The smallest absolute Gasteiger partial charge is 0.311 e. The molecule has 2 rings (SSSR count). The second-order valence-corrected chi connectivity index (χ2v) is 15.6. The Morgan fingerprint density at radius 2 is 0.667 bits per heavy atom. The number of carbonyl (C=O) groups is 2. The first-order chi connectivity index (χ1) is 27.9. The highest BCUT2D eigenvalue weighted by molar-refractivity contribution is 5.72. The van der Waals surface area contributed by atoms with Crippen molar-refractivity contribution in [1.29, 1.82) is 0 Å². The van der Waals surface area contributed by atoms with Crippen LogP contribution in [0.2, 0.25) is 0 Å². The summed E-state index contributed by atoms with van der Waals surface area (Å²) in [6, 6.07) is 11.9. The molecule has 0 spiro atoms. The summed E-state index contributed by atoms with van der Waals surface area (Å²) in [5.74, 6) is -0.0789. The molecule has 0 aliphatic rings. The second kappa shape index (κ2) is 34.4. The molecule has 0 bridgehead atoms. The summed E-state index contributed by atoms with van der Waals surface area (Å²) in [6.07, 6.45) is 33.4. The van der Waals surface area contributed by atoms with E-state index in [0.29, 0.717) is 24.5 Å². The maximum absolute atomic E-state index is 12.5. The van der Waals surface area contributed by atoms with E-state index >= 15 is 0 Å². The molecule has 0 amide bonds. The first-order valence-electron chi connectivity index (χ1n) is 22.9. The first-order valence-corrected chi connectivity index (χ1v) is 22.9. The monoisotopic (exact) mass is 793 g/mol. The zero-order valence-corrected chi connectivity index (χ0v) is 35.8. The van der Waals surface area contributed by atoms with Gasteiger partial charge in [0.25, 0.3) is 0 Å². The van der Waals surface area contributed by atoms with E-state index in [-0.39, 0.29) is 30.9 Å². The van der Waals surface area contributed by atoms with Crippen molar-refractivity contribution in [2.45, 2.75) is 200 Å². The summed E-state index contributed by atoms with van der Waals surface area (Å²) in [4.78, 5) is 49.9. The van der Waals surface area contributed by atoms with Gasteiger partial charge in [-0.15, -0.1) is 0 Å². The summed E-state index contributed by atoms with van der Waals surface area (Å²) in [5.41, 5.74) is -0.814. The molecule has 8 heteroatoms. The van der Waals surface area contributed by atoms with Crippen LogP contribution in [0, 0.1) is 0 Å². The molecule has 0 unspecified atom stereocenters. The van der Waals surface area contributed by atoms with Gasteiger partial charge in [-0.25, -0.2) is 0 Å². The fraction of sp³-hybridized carbons (Fsp3) is 0.673. The summed E-state index contributed by atoms with van der Waals surface area (Å²) in [7, 11) is 0. The van der Waals surface area contributed by atoms with Gasteiger partial charge in [-0.1, -0.05) is 168 Å². The van der Waals surface area contributed by atoms with Crippen molar-refractivity contribution < 1.29 is 28.5 Å². The van der Waals surface area contributed by atoms with Crippen molar-refractivity contribution in [2.24, 2.45) is 0 Å². The summed E-state index contributed by atoms with van der Waals surface area (Å²) in [5, 5.41) is 0. The van der Waals surface area contributed by atoms with Crippen LogP contribution in [0.1, 0.15) is 200 Å². The van der Waals surface area contributed by atoms with Crippen molar-refractivity contribution in [3.8, 4) is 23.0 Å². The van der Waals surface area contributed by atoms with E-state index in [1.165, 1.54) is 165 Å². The lowest BCUT2D eigenvalue weighted by atomic mass is 10.0. The van der Waals surface area contributed by atoms with Crippen LogP contribution in [0.5, 0.6) is 23.0 Å². The maximum atomic E-state index is 12.5. The van der Waals surface area contributed by atoms with E-state index < -0.39 is 22.8 Å². The van der Waals surface area contributed by atoms with E-state index in [0.717, 1.165) is 32.1 Å². The second-order valence-electron chi connectivity index (χ2n) is 15.6. The Bertz CT molecular complexity index is 1460. The summed E-state index contributed by atoms with van der Waals surface area (Å²) in [6.45, 7) is 5.27. The van der Waals surface area contributed by atoms with Gasteiger partial charge in [0.2, 0.25) is 10.9 Å². The van der Waals surface area contributed by atoms with Crippen molar-refractivity contribution in [2.75, 3.05) is 13.2 Å². The summed E-state index contributed by atoms with van der Waals surface area (Å²) < 4.78 is 22.3. The Balaban J connectivity index is 1.57. The highest BCUT2D eigenvalue weighted by Crippen LogP contribution is 2.17. The Labute approximate surface area is 344 Å². The Morgan fingerprint density at radius 1 is 0.368 bits per heavy atom. The highest BCUT2D eigenvalue weighted by Gasteiger charge is 2.10. The molecule has 0 atom stereocenters. The molecular formula is C49H76O8. The number of carbonyl (C=O) groups excluding carboxylic acids is 2. The van der Waals surface area contributed by atoms with Crippen molar-refractivity contribution >= 4 is 11.9 Å². The number of ether oxygens (including phenoxy) is 4. The molecule has 57 heavy (non-hydrogen) atoms. The van der Waals surface area contributed by atoms with E-state index in [2.05, 4.69) is 13.8 Å². The zero-order valence-electron chi connectivity index (χ0n) is 35.8. The van der Waals surface area contributed by atoms with Gasteiger partial charge < -0.3 is 18.9 Å². The number of esters is 2. The van der Waals surface area contributed by atoms with E-state index in [1.807, 2.05) is 0 Å². The molecule has 0 heterocycles. The molecule has 0 aliphatic carbocycles. The molecule has 0 fully saturated rings. The third-order valence-electron chi connectivity index (χ3n) is 10.3. The molecule has 2 aromatic carbocycles. The largest absolute Gasteiger partial charge is 0.494 e. The normalized spacial score (nSPS) is 11.0.